The average molecular weight is 279 g/mol. The van der Waals surface area contributed by atoms with Crippen LogP contribution >= 0.6 is 0 Å². The van der Waals surface area contributed by atoms with Gasteiger partial charge in [-0.2, -0.15) is 0 Å². The molecule has 2 N–H and O–H groups in total. The van der Waals surface area contributed by atoms with Crippen molar-refractivity contribution in [3.63, 3.8) is 0 Å². The topological polar surface area (TPSA) is 53.7 Å². The Kier molecular flexibility index (Phi) is 4.55. The summed E-state index contributed by atoms with van der Waals surface area (Å²) >= 11 is 0. The highest BCUT2D eigenvalue weighted by atomic mass is 16.5. The lowest BCUT2D eigenvalue weighted by Gasteiger charge is -2.34. The highest BCUT2D eigenvalue weighted by Crippen LogP contribution is 2.36. The van der Waals surface area contributed by atoms with E-state index in [4.69, 9.17) is 19.9 Å². The standard InChI is InChI=1S/C16H25NO3/c1-16(2,3)15(18-4)14(17)11-6-7-12-13(10-11)20-9-5-8-19-12/h6-7,10,14-15H,5,8-9,17H2,1-4H3. The number of methoxy groups -OCH3 is 1. The van der Waals surface area contributed by atoms with Gasteiger partial charge in [0.05, 0.1) is 25.4 Å². The molecule has 2 unspecified atom stereocenters. The van der Waals surface area contributed by atoms with E-state index in [1.807, 2.05) is 18.2 Å². The van der Waals surface area contributed by atoms with E-state index >= 15 is 0 Å². The molecule has 0 saturated carbocycles. The molecule has 1 aromatic carbocycles. The molecule has 1 heterocycles. The fourth-order valence-electron chi connectivity index (χ4n) is 2.60. The number of benzene rings is 1. The first kappa shape index (κ1) is 15.1. The quantitative estimate of drug-likeness (QED) is 0.924. The summed E-state index contributed by atoms with van der Waals surface area (Å²) in [5, 5.41) is 0. The molecule has 0 amide bonds. The molecular weight excluding hydrogens is 254 g/mol. The Labute approximate surface area is 121 Å². The van der Waals surface area contributed by atoms with Gasteiger partial charge in [-0.3, -0.25) is 0 Å². The highest BCUT2D eigenvalue weighted by molar-refractivity contribution is 5.44. The maximum Gasteiger partial charge on any atom is 0.161 e. The van der Waals surface area contributed by atoms with Gasteiger partial charge < -0.3 is 19.9 Å². The molecule has 0 bridgehead atoms. The van der Waals surface area contributed by atoms with Crippen LogP contribution in [0.25, 0.3) is 0 Å². The van der Waals surface area contributed by atoms with E-state index < -0.39 is 0 Å². The molecule has 20 heavy (non-hydrogen) atoms. The van der Waals surface area contributed by atoms with Gasteiger partial charge >= 0.3 is 0 Å². The fraction of sp³-hybridized carbons (Fsp3) is 0.625. The van der Waals surface area contributed by atoms with Crippen molar-refractivity contribution in [3.05, 3.63) is 23.8 Å². The second-order valence-corrected chi connectivity index (χ2v) is 6.30. The molecule has 1 aliphatic rings. The van der Waals surface area contributed by atoms with Crippen molar-refractivity contribution in [2.24, 2.45) is 11.1 Å². The minimum Gasteiger partial charge on any atom is -0.490 e. The Balaban J connectivity index is 2.26. The van der Waals surface area contributed by atoms with Gasteiger partial charge in [0, 0.05) is 13.5 Å². The van der Waals surface area contributed by atoms with Crippen molar-refractivity contribution in [1.29, 1.82) is 0 Å². The number of ether oxygens (including phenoxy) is 3. The average Bonchev–Trinajstić information content (AvgIpc) is 2.61. The van der Waals surface area contributed by atoms with Crippen LogP contribution in [0.2, 0.25) is 0 Å². The molecule has 2 atom stereocenters. The summed E-state index contributed by atoms with van der Waals surface area (Å²) in [7, 11) is 1.71. The van der Waals surface area contributed by atoms with Gasteiger partial charge in [0.1, 0.15) is 0 Å². The van der Waals surface area contributed by atoms with Crippen LogP contribution in [0.5, 0.6) is 11.5 Å². The van der Waals surface area contributed by atoms with Crippen LogP contribution in [-0.2, 0) is 4.74 Å². The summed E-state index contributed by atoms with van der Waals surface area (Å²) in [6.07, 6.45) is 0.839. The Hall–Kier alpha value is -1.26. The van der Waals surface area contributed by atoms with Gasteiger partial charge in [0.25, 0.3) is 0 Å². The number of hydrogen-bond acceptors (Lipinski definition) is 4. The van der Waals surface area contributed by atoms with Crippen molar-refractivity contribution >= 4 is 0 Å². The number of rotatable bonds is 3. The van der Waals surface area contributed by atoms with Crippen molar-refractivity contribution in [1.82, 2.24) is 0 Å². The Morgan fingerprint density at radius 3 is 2.40 bits per heavy atom. The van der Waals surface area contributed by atoms with Gasteiger partial charge in [-0.15, -0.1) is 0 Å². The minimum atomic E-state index is -0.197. The smallest absolute Gasteiger partial charge is 0.161 e. The monoisotopic (exact) mass is 279 g/mol. The molecule has 0 aromatic heterocycles. The van der Waals surface area contributed by atoms with Crippen LogP contribution in [-0.4, -0.2) is 26.4 Å². The van der Waals surface area contributed by atoms with Crippen molar-refractivity contribution < 1.29 is 14.2 Å². The van der Waals surface area contributed by atoms with E-state index in [9.17, 15) is 0 Å². The Morgan fingerprint density at radius 1 is 1.15 bits per heavy atom. The largest absolute Gasteiger partial charge is 0.490 e. The highest BCUT2D eigenvalue weighted by Gasteiger charge is 2.31. The predicted molar refractivity (Wildman–Crippen MR) is 79.2 cm³/mol. The third-order valence-corrected chi connectivity index (χ3v) is 3.59. The van der Waals surface area contributed by atoms with E-state index in [0.717, 1.165) is 23.5 Å². The SMILES string of the molecule is COC(C(N)c1ccc2c(c1)OCCCO2)C(C)(C)C. The normalized spacial score (nSPS) is 18.2. The third-order valence-electron chi connectivity index (χ3n) is 3.59. The lowest BCUT2D eigenvalue weighted by Crippen LogP contribution is -2.38. The molecular formula is C16H25NO3. The first-order chi connectivity index (χ1) is 9.43. The molecule has 0 aliphatic carbocycles. The number of nitrogens with two attached hydrogens (primary N) is 1. The van der Waals surface area contributed by atoms with E-state index in [1.54, 1.807) is 7.11 Å². The maximum atomic E-state index is 6.39. The van der Waals surface area contributed by atoms with Gasteiger partial charge in [-0.25, -0.2) is 0 Å². The zero-order valence-electron chi connectivity index (χ0n) is 12.8. The van der Waals surface area contributed by atoms with Crippen LogP contribution in [0.1, 0.15) is 38.8 Å². The molecule has 4 heteroatoms. The van der Waals surface area contributed by atoms with Gasteiger partial charge in [0.15, 0.2) is 11.5 Å². The summed E-state index contributed by atoms with van der Waals surface area (Å²) in [6, 6.07) is 5.71. The zero-order chi connectivity index (χ0) is 14.8. The van der Waals surface area contributed by atoms with E-state index in [1.165, 1.54) is 0 Å². The summed E-state index contributed by atoms with van der Waals surface area (Å²) < 4.78 is 17.0. The summed E-state index contributed by atoms with van der Waals surface area (Å²) in [6.45, 7) is 7.76. The molecule has 112 valence electrons. The van der Waals surface area contributed by atoms with Gasteiger partial charge in [-0.05, 0) is 23.1 Å². The van der Waals surface area contributed by atoms with Crippen LogP contribution < -0.4 is 15.2 Å². The fourth-order valence-corrected chi connectivity index (χ4v) is 2.60. The zero-order valence-corrected chi connectivity index (χ0v) is 12.8. The molecule has 1 aromatic rings. The number of hydrogen-bond donors (Lipinski definition) is 1. The number of fused-ring (bicyclic) bond motifs is 1. The van der Waals surface area contributed by atoms with Crippen LogP contribution in [0.3, 0.4) is 0 Å². The van der Waals surface area contributed by atoms with Gasteiger partial charge in [-0.1, -0.05) is 26.8 Å². The molecule has 0 spiro atoms. The maximum absolute atomic E-state index is 6.39. The molecule has 0 radical (unpaired) electrons. The van der Waals surface area contributed by atoms with Crippen LogP contribution in [0.15, 0.2) is 18.2 Å². The summed E-state index contributed by atoms with van der Waals surface area (Å²) in [5.74, 6) is 1.57. The third kappa shape index (κ3) is 3.25. The molecule has 1 aliphatic heterocycles. The first-order valence-corrected chi connectivity index (χ1v) is 7.11. The summed E-state index contributed by atoms with van der Waals surface area (Å²) in [4.78, 5) is 0. The van der Waals surface area contributed by atoms with Crippen LogP contribution in [0.4, 0.5) is 0 Å². The van der Waals surface area contributed by atoms with Crippen molar-refractivity contribution in [2.75, 3.05) is 20.3 Å². The van der Waals surface area contributed by atoms with Gasteiger partial charge in [0.2, 0.25) is 0 Å². The Bertz CT molecular complexity index is 454. The second kappa shape index (κ2) is 6.02. The Morgan fingerprint density at radius 2 is 1.80 bits per heavy atom. The van der Waals surface area contributed by atoms with Crippen molar-refractivity contribution in [2.45, 2.75) is 39.3 Å². The lowest BCUT2D eigenvalue weighted by atomic mass is 9.82. The first-order valence-electron chi connectivity index (χ1n) is 7.11. The van der Waals surface area contributed by atoms with E-state index in [2.05, 4.69) is 20.8 Å². The summed E-state index contributed by atoms with van der Waals surface area (Å²) in [5.41, 5.74) is 7.37. The molecule has 2 rings (SSSR count). The van der Waals surface area contributed by atoms with E-state index in [0.29, 0.717) is 13.2 Å². The molecule has 4 nitrogen and oxygen atoms in total. The minimum absolute atomic E-state index is 0.0294. The van der Waals surface area contributed by atoms with Crippen molar-refractivity contribution in [3.8, 4) is 11.5 Å². The second-order valence-electron chi connectivity index (χ2n) is 6.30. The van der Waals surface area contributed by atoms with E-state index in [-0.39, 0.29) is 17.6 Å². The predicted octanol–water partition coefficient (Wildman–Crippen LogP) is 2.91. The van der Waals surface area contributed by atoms with Crippen LogP contribution in [0, 0.1) is 5.41 Å². The lowest BCUT2D eigenvalue weighted by molar-refractivity contribution is -0.00248. The molecule has 0 saturated heterocycles. The molecule has 0 fully saturated rings.